The summed E-state index contributed by atoms with van der Waals surface area (Å²) in [4.78, 5) is 13.7. The van der Waals surface area contributed by atoms with Crippen LogP contribution in [0.15, 0.2) is 42.5 Å². The fourth-order valence-corrected chi connectivity index (χ4v) is 3.85. The number of halogens is 1. The predicted octanol–water partition coefficient (Wildman–Crippen LogP) is 1.35. The molecule has 0 radical (unpaired) electrons. The lowest BCUT2D eigenvalue weighted by atomic mass is 9.93. The van der Waals surface area contributed by atoms with E-state index in [0.717, 1.165) is 12.1 Å². The van der Waals surface area contributed by atoms with Gasteiger partial charge in [0.2, 0.25) is 0 Å². The van der Waals surface area contributed by atoms with Crippen molar-refractivity contribution in [2.45, 2.75) is 18.4 Å². The highest BCUT2D eigenvalue weighted by Crippen LogP contribution is 2.31. The minimum absolute atomic E-state index is 0.0525. The number of likely N-dealkylation sites (tertiary alicyclic amines) is 1. The number of carbonyl (C=O) groups excluding carboxylic acids is 1. The van der Waals surface area contributed by atoms with Gasteiger partial charge in [0.05, 0.1) is 19.5 Å². The molecule has 0 spiro atoms. The second-order valence-electron chi connectivity index (χ2n) is 7.25. The summed E-state index contributed by atoms with van der Waals surface area (Å²) in [5.41, 5.74) is 0.395. The van der Waals surface area contributed by atoms with E-state index in [1.54, 1.807) is 30.3 Å². The first-order valence-electron chi connectivity index (χ1n) is 9.28. The molecule has 2 aromatic rings. The highest BCUT2D eigenvalue weighted by atomic mass is 19.1. The molecule has 0 amide bonds. The molecule has 1 unspecified atom stereocenters. The van der Waals surface area contributed by atoms with Gasteiger partial charge < -0.3 is 19.5 Å². The normalized spacial score (nSPS) is 24.0. The van der Waals surface area contributed by atoms with Crippen molar-refractivity contribution in [1.29, 1.82) is 0 Å². The van der Waals surface area contributed by atoms with E-state index in [0.29, 0.717) is 56.2 Å². The maximum absolute atomic E-state index is 13.1. The summed E-state index contributed by atoms with van der Waals surface area (Å²) in [5.74, 6) is 1.03. The summed E-state index contributed by atoms with van der Waals surface area (Å²) in [5, 5.41) is 10.9. The largest absolute Gasteiger partial charge is 0.486 e. The monoisotopic (exact) mass is 372 g/mol. The van der Waals surface area contributed by atoms with Crippen molar-refractivity contribution in [3.63, 3.8) is 0 Å². The summed E-state index contributed by atoms with van der Waals surface area (Å²) >= 11 is 0. The molecule has 2 aliphatic rings. The van der Waals surface area contributed by atoms with Crippen molar-refractivity contribution in [2.24, 2.45) is 0 Å². The van der Waals surface area contributed by atoms with Crippen molar-refractivity contribution in [3.8, 4) is 11.5 Å². The number of fused-ring (bicyclic) bond motifs is 1. The number of hydrogen-bond donors (Lipinski definition) is 2. The standard InChI is InChI=1S/C21H22FNO4/c22-17-4-2-16(3-5-17)21(25)8-10-23(14-21)9-7-18(24)15-1-6-19-20(13-15)27-12-11-26-19/h1-6,13,25H,7-12,14H2/p+1/t21-/m1/s1. The minimum Gasteiger partial charge on any atom is -0.486 e. The van der Waals surface area contributed by atoms with Gasteiger partial charge in [-0.2, -0.15) is 0 Å². The van der Waals surface area contributed by atoms with Crippen molar-refractivity contribution in [1.82, 2.24) is 0 Å². The zero-order chi connectivity index (χ0) is 18.9. The fourth-order valence-electron chi connectivity index (χ4n) is 3.85. The molecule has 2 N–H and O–H groups in total. The lowest BCUT2D eigenvalue weighted by Crippen LogP contribution is -3.10. The van der Waals surface area contributed by atoms with Crippen LogP contribution in [-0.2, 0) is 5.60 Å². The average Bonchev–Trinajstić information content (AvgIpc) is 3.08. The number of aliphatic hydroxyl groups is 1. The van der Waals surface area contributed by atoms with E-state index >= 15 is 0 Å². The molecule has 1 saturated heterocycles. The first kappa shape index (κ1) is 17.9. The van der Waals surface area contributed by atoms with Gasteiger partial charge in [-0.3, -0.25) is 4.79 Å². The Kier molecular flexibility index (Phi) is 4.85. The Hall–Kier alpha value is -2.44. The van der Waals surface area contributed by atoms with E-state index in [2.05, 4.69) is 0 Å². The number of nitrogens with one attached hydrogen (secondary N) is 1. The number of carbonyl (C=O) groups is 1. The highest BCUT2D eigenvalue weighted by Gasteiger charge is 2.41. The van der Waals surface area contributed by atoms with Gasteiger partial charge in [0, 0.05) is 12.0 Å². The van der Waals surface area contributed by atoms with Gasteiger partial charge in [-0.25, -0.2) is 4.39 Å². The summed E-state index contributed by atoms with van der Waals surface area (Å²) in [7, 11) is 0. The quantitative estimate of drug-likeness (QED) is 0.778. The first-order chi connectivity index (χ1) is 13.0. The maximum Gasteiger partial charge on any atom is 0.168 e. The Morgan fingerprint density at radius 3 is 2.63 bits per heavy atom. The van der Waals surface area contributed by atoms with E-state index in [-0.39, 0.29) is 11.6 Å². The maximum atomic E-state index is 13.1. The van der Waals surface area contributed by atoms with Gasteiger partial charge in [0.25, 0.3) is 0 Å². The van der Waals surface area contributed by atoms with Crippen molar-refractivity contribution in [3.05, 3.63) is 59.4 Å². The molecule has 0 aliphatic carbocycles. The van der Waals surface area contributed by atoms with Crippen molar-refractivity contribution < 1.29 is 28.7 Å². The second-order valence-corrected chi connectivity index (χ2v) is 7.25. The van der Waals surface area contributed by atoms with Crippen LogP contribution >= 0.6 is 0 Å². The average molecular weight is 372 g/mol. The predicted molar refractivity (Wildman–Crippen MR) is 96.9 cm³/mol. The molecule has 2 heterocycles. The second kappa shape index (κ2) is 7.29. The van der Waals surface area contributed by atoms with E-state index in [1.165, 1.54) is 17.0 Å². The molecule has 2 atom stereocenters. The number of hydrogen-bond acceptors (Lipinski definition) is 4. The Morgan fingerprint density at radius 1 is 1.11 bits per heavy atom. The smallest absolute Gasteiger partial charge is 0.168 e. The van der Waals surface area contributed by atoms with Gasteiger partial charge in [-0.15, -0.1) is 0 Å². The lowest BCUT2D eigenvalue weighted by Gasteiger charge is -2.21. The molecule has 1 fully saturated rings. The van der Waals surface area contributed by atoms with Gasteiger partial charge in [-0.1, -0.05) is 12.1 Å². The summed E-state index contributed by atoms with van der Waals surface area (Å²) in [6.45, 7) is 2.96. The molecule has 2 aliphatic heterocycles. The Labute approximate surface area is 157 Å². The summed E-state index contributed by atoms with van der Waals surface area (Å²) < 4.78 is 24.1. The van der Waals surface area contributed by atoms with Crippen LogP contribution in [0.3, 0.4) is 0 Å². The highest BCUT2D eigenvalue weighted by molar-refractivity contribution is 5.96. The third kappa shape index (κ3) is 3.82. The third-order valence-electron chi connectivity index (χ3n) is 5.39. The van der Waals surface area contributed by atoms with Gasteiger partial charge in [-0.05, 0) is 35.9 Å². The van der Waals surface area contributed by atoms with Gasteiger partial charge in [0.15, 0.2) is 17.3 Å². The van der Waals surface area contributed by atoms with Crippen LogP contribution in [0.2, 0.25) is 0 Å². The lowest BCUT2D eigenvalue weighted by molar-refractivity contribution is -0.890. The molecule has 4 rings (SSSR count). The van der Waals surface area contributed by atoms with Crippen LogP contribution in [-0.4, -0.2) is 43.7 Å². The molecular weight excluding hydrogens is 349 g/mol. The van der Waals surface area contributed by atoms with E-state index in [4.69, 9.17) is 9.47 Å². The summed E-state index contributed by atoms with van der Waals surface area (Å²) in [6, 6.07) is 11.3. The SMILES string of the molecule is O=C(CC[NH+]1CC[C@](O)(c2ccc(F)cc2)C1)c1ccc2c(c1)OCCO2. The molecule has 0 bridgehead atoms. The van der Waals surface area contributed by atoms with Gasteiger partial charge >= 0.3 is 0 Å². The van der Waals surface area contributed by atoms with Crippen LogP contribution in [0, 0.1) is 5.82 Å². The minimum atomic E-state index is -0.955. The number of Topliss-reactive ketones (excluding diaryl/α,β-unsaturated/α-hetero) is 1. The topological polar surface area (TPSA) is 60.2 Å². The number of ketones is 1. The van der Waals surface area contributed by atoms with E-state index in [9.17, 15) is 14.3 Å². The Bertz CT molecular complexity index is 839. The van der Waals surface area contributed by atoms with Crippen molar-refractivity contribution in [2.75, 3.05) is 32.8 Å². The Balaban J connectivity index is 1.35. The van der Waals surface area contributed by atoms with Crippen LogP contribution in [0.5, 0.6) is 11.5 Å². The van der Waals surface area contributed by atoms with Crippen LogP contribution in [0.25, 0.3) is 0 Å². The zero-order valence-corrected chi connectivity index (χ0v) is 15.0. The molecule has 0 aromatic heterocycles. The molecule has 142 valence electrons. The molecule has 5 nitrogen and oxygen atoms in total. The number of ether oxygens (including phenoxy) is 2. The molecule has 27 heavy (non-hydrogen) atoms. The number of benzene rings is 2. The molecular formula is C21H23FNO4+. The Morgan fingerprint density at radius 2 is 1.85 bits per heavy atom. The first-order valence-corrected chi connectivity index (χ1v) is 9.28. The number of rotatable bonds is 5. The third-order valence-corrected chi connectivity index (χ3v) is 5.39. The molecule has 6 heteroatoms. The van der Waals surface area contributed by atoms with Crippen molar-refractivity contribution >= 4 is 5.78 Å². The van der Waals surface area contributed by atoms with E-state index < -0.39 is 5.60 Å². The summed E-state index contributed by atoms with van der Waals surface area (Å²) in [6.07, 6.45) is 1.00. The molecule has 0 saturated carbocycles. The van der Waals surface area contributed by atoms with Crippen LogP contribution in [0.4, 0.5) is 4.39 Å². The van der Waals surface area contributed by atoms with E-state index in [1.807, 2.05) is 0 Å². The van der Waals surface area contributed by atoms with Gasteiger partial charge in [0.1, 0.15) is 31.2 Å². The molecule has 2 aromatic carbocycles. The van der Waals surface area contributed by atoms with Crippen LogP contribution in [0.1, 0.15) is 28.8 Å². The number of quaternary nitrogens is 1. The fraction of sp³-hybridized carbons (Fsp3) is 0.381. The zero-order valence-electron chi connectivity index (χ0n) is 15.0. The van der Waals surface area contributed by atoms with Crippen LogP contribution < -0.4 is 14.4 Å².